The Bertz CT molecular complexity index is 523. The van der Waals surface area contributed by atoms with Crippen LogP contribution in [0.15, 0.2) is 11.6 Å². The van der Waals surface area contributed by atoms with Crippen molar-refractivity contribution in [1.82, 2.24) is 4.90 Å². The molecule has 0 aromatic rings. The van der Waals surface area contributed by atoms with Crippen LogP contribution in [0.4, 0.5) is 0 Å². The van der Waals surface area contributed by atoms with E-state index in [4.69, 9.17) is 0 Å². The number of amides is 2. The van der Waals surface area contributed by atoms with Crippen LogP contribution in [-0.4, -0.2) is 22.8 Å². The van der Waals surface area contributed by atoms with Crippen LogP contribution >= 0.6 is 0 Å². The molecule has 2 amide bonds. The van der Waals surface area contributed by atoms with Crippen molar-refractivity contribution in [3.05, 3.63) is 11.6 Å². The van der Waals surface area contributed by atoms with Gasteiger partial charge < -0.3 is 0 Å². The van der Waals surface area contributed by atoms with Gasteiger partial charge in [0.1, 0.15) is 0 Å². The van der Waals surface area contributed by atoms with Crippen molar-refractivity contribution in [2.75, 3.05) is 0 Å². The Balaban J connectivity index is 1.97. The van der Waals surface area contributed by atoms with Gasteiger partial charge in [0.15, 0.2) is 0 Å². The predicted octanol–water partition coefficient (Wildman–Crippen LogP) is 9.29. The summed E-state index contributed by atoms with van der Waals surface area (Å²) in [6.07, 6.45) is 29.6. The Kier molecular flexibility index (Phi) is 18.4. The van der Waals surface area contributed by atoms with E-state index < -0.39 is 0 Å². The molecule has 1 heterocycles. The molecule has 0 aliphatic carbocycles. The van der Waals surface area contributed by atoms with E-state index in [0.29, 0.717) is 12.8 Å². The molecule has 3 nitrogen and oxygen atoms in total. The number of likely N-dealkylation sites (tertiary alicyclic amines) is 1. The standard InChI is InChI=1S/C30H55NO2/c1-4-6-7-8-9-10-11-12-13-14-15-16-17-18-19-20-21-22-24-28(27(3)23-5-2)31-29(32)25-26-30(31)33/h23,28H,4-22,24-26H2,1-3H3/b27-23+. The summed E-state index contributed by atoms with van der Waals surface area (Å²) in [5.41, 5.74) is 1.19. The summed E-state index contributed by atoms with van der Waals surface area (Å²) < 4.78 is 0. The largest absolute Gasteiger partial charge is 0.275 e. The fourth-order valence-corrected chi connectivity index (χ4v) is 5.20. The van der Waals surface area contributed by atoms with Gasteiger partial charge in [0.05, 0.1) is 6.04 Å². The van der Waals surface area contributed by atoms with Crippen molar-refractivity contribution in [2.24, 2.45) is 0 Å². The molecule has 1 rings (SSSR count). The number of nitrogens with zero attached hydrogens (tertiary/aromatic N) is 1. The Morgan fingerprint density at radius 1 is 0.667 bits per heavy atom. The van der Waals surface area contributed by atoms with Crippen molar-refractivity contribution < 1.29 is 9.59 Å². The van der Waals surface area contributed by atoms with Crippen LogP contribution in [0.2, 0.25) is 0 Å². The molecule has 0 radical (unpaired) electrons. The summed E-state index contributed by atoms with van der Waals surface area (Å²) in [5.74, 6) is 0.0486. The molecule has 0 aromatic carbocycles. The van der Waals surface area contributed by atoms with Crippen molar-refractivity contribution in [3.63, 3.8) is 0 Å². The van der Waals surface area contributed by atoms with Gasteiger partial charge in [-0.25, -0.2) is 0 Å². The number of hydrogen-bond donors (Lipinski definition) is 0. The van der Waals surface area contributed by atoms with Gasteiger partial charge in [-0.05, 0) is 19.8 Å². The maximum absolute atomic E-state index is 12.2. The van der Waals surface area contributed by atoms with E-state index in [1.54, 1.807) is 4.90 Å². The lowest BCUT2D eigenvalue weighted by molar-refractivity contribution is -0.140. The Labute approximate surface area is 206 Å². The summed E-state index contributed by atoms with van der Waals surface area (Å²) in [6, 6.07) is -0.00601. The second-order valence-electron chi connectivity index (χ2n) is 10.3. The highest BCUT2D eigenvalue weighted by Crippen LogP contribution is 2.25. The molecule has 1 unspecified atom stereocenters. The summed E-state index contributed by atoms with van der Waals surface area (Å²) in [7, 11) is 0. The second kappa shape index (κ2) is 20.3. The molecule has 1 aliphatic rings. The minimum atomic E-state index is -0.00601. The fourth-order valence-electron chi connectivity index (χ4n) is 5.20. The van der Waals surface area contributed by atoms with E-state index in [9.17, 15) is 9.59 Å². The molecule has 0 spiro atoms. The summed E-state index contributed by atoms with van der Waals surface area (Å²) in [4.78, 5) is 26.0. The molecule has 0 bridgehead atoms. The van der Waals surface area contributed by atoms with Gasteiger partial charge in [-0.3, -0.25) is 14.5 Å². The Morgan fingerprint density at radius 2 is 1.03 bits per heavy atom. The average Bonchev–Trinajstić information content (AvgIpc) is 3.13. The summed E-state index contributed by atoms with van der Waals surface area (Å²) in [5, 5.41) is 0. The van der Waals surface area contributed by atoms with E-state index >= 15 is 0 Å². The smallest absolute Gasteiger partial charge is 0.230 e. The van der Waals surface area contributed by atoms with Crippen LogP contribution in [0.25, 0.3) is 0 Å². The topological polar surface area (TPSA) is 37.4 Å². The third kappa shape index (κ3) is 14.0. The number of allylic oxidation sites excluding steroid dienone is 1. The van der Waals surface area contributed by atoms with Crippen molar-refractivity contribution >= 4 is 11.8 Å². The zero-order chi connectivity index (χ0) is 24.2. The monoisotopic (exact) mass is 461 g/mol. The lowest BCUT2D eigenvalue weighted by Gasteiger charge is -2.27. The third-order valence-electron chi connectivity index (χ3n) is 7.28. The van der Waals surface area contributed by atoms with Gasteiger partial charge >= 0.3 is 0 Å². The number of rotatable bonds is 22. The molecule has 33 heavy (non-hydrogen) atoms. The van der Waals surface area contributed by atoms with Crippen LogP contribution in [0, 0.1) is 0 Å². The van der Waals surface area contributed by atoms with E-state index in [1.165, 1.54) is 115 Å². The van der Waals surface area contributed by atoms with Crippen LogP contribution in [0.3, 0.4) is 0 Å². The quantitative estimate of drug-likeness (QED) is 0.0914. The third-order valence-corrected chi connectivity index (χ3v) is 7.28. The van der Waals surface area contributed by atoms with Crippen molar-refractivity contribution in [1.29, 1.82) is 0 Å². The molecule has 0 aromatic heterocycles. The summed E-state index contributed by atoms with van der Waals surface area (Å²) >= 11 is 0. The first-order valence-electron chi connectivity index (χ1n) is 14.6. The van der Waals surface area contributed by atoms with E-state index in [-0.39, 0.29) is 17.9 Å². The maximum atomic E-state index is 12.2. The highest BCUT2D eigenvalue weighted by atomic mass is 16.2. The lowest BCUT2D eigenvalue weighted by Crippen LogP contribution is -2.40. The summed E-state index contributed by atoms with van der Waals surface area (Å²) in [6.45, 7) is 6.49. The van der Waals surface area contributed by atoms with Gasteiger partial charge in [-0.15, -0.1) is 0 Å². The van der Waals surface area contributed by atoms with Gasteiger partial charge in [0.25, 0.3) is 0 Å². The molecule has 192 valence electrons. The number of unbranched alkanes of at least 4 members (excludes halogenated alkanes) is 17. The number of carbonyl (C=O) groups excluding carboxylic acids is 2. The first-order valence-corrected chi connectivity index (χ1v) is 14.6. The van der Waals surface area contributed by atoms with E-state index in [2.05, 4.69) is 26.8 Å². The minimum absolute atomic E-state index is 0.00601. The van der Waals surface area contributed by atoms with E-state index in [1.807, 2.05) is 0 Å². The van der Waals surface area contributed by atoms with Crippen LogP contribution in [0.5, 0.6) is 0 Å². The number of carbonyl (C=O) groups is 2. The highest BCUT2D eigenvalue weighted by Gasteiger charge is 2.35. The molecule has 0 saturated carbocycles. The van der Waals surface area contributed by atoms with Crippen LogP contribution in [-0.2, 0) is 9.59 Å². The SMILES string of the molecule is CC/C=C(\C)C(CCCCCCCCCCCCCCCCCCCC)N1C(=O)CCC1=O. The molecular formula is C30H55NO2. The van der Waals surface area contributed by atoms with Gasteiger partial charge in [0, 0.05) is 12.8 Å². The maximum Gasteiger partial charge on any atom is 0.230 e. The van der Waals surface area contributed by atoms with Gasteiger partial charge in [-0.2, -0.15) is 0 Å². The predicted molar refractivity (Wildman–Crippen MR) is 142 cm³/mol. The normalized spacial score (nSPS) is 15.6. The highest BCUT2D eigenvalue weighted by molar-refractivity contribution is 6.02. The van der Waals surface area contributed by atoms with Crippen LogP contribution < -0.4 is 0 Å². The first kappa shape index (κ1) is 29.9. The molecule has 1 atom stereocenters. The zero-order valence-corrected chi connectivity index (χ0v) is 22.5. The average molecular weight is 462 g/mol. The number of hydrogen-bond acceptors (Lipinski definition) is 2. The fraction of sp³-hybridized carbons (Fsp3) is 0.867. The van der Waals surface area contributed by atoms with Gasteiger partial charge in [0.2, 0.25) is 11.8 Å². The second-order valence-corrected chi connectivity index (χ2v) is 10.3. The molecule has 1 fully saturated rings. The lowest BCUT2D eigenvalue weighted by atomic mass is 9.98. The molecular weight excluding hydrogens is 406 g/mol. The Morgan fingerprint density at radius 3 is 1.39 bits per heavy atom. The number of imide groups is 1. The molecule has 0 N–H and O–H groups in total. The Hall–Kier alpha value is -1.12. The molecule has 1 aliphatic heterocycles. The van der Waals surface area contributed by atoms with Crippen molar-refractivity contribution in [3.8, 4) is 0 Å². The molecule has 1 saturated heterocycles. The van der Waals surface area contributed by atoms with Crippen molar-refractivity contribution in [2.45, 2.75) is 168 Å². The van der Waals surface area contributed by atoms with Crippen LogP contribution in [0.1, 0.15) is 162 Å². The minimum Gasteiger partial charge on any atom is -0.275 e. The molecule has 3 heteroatoms. The zero-order valence-electron chi connectivity index (χ0n) is 22.5. The first-order chi connectivity index (χ1) is 16.1. The van der Waals surface area contributed by atoms with Gasteiger partial charge in [-0.1, -0.05) is 141 Å². The van der Waals surface area contributed by atoms with E-state index in [0.717, 1.165) is 19.3 Å².